The van der Waals surface area contributed by atoms with E-state index in [9.17, 15) is 0 Å². The summed E-state index contributed by atoms with van der Waals surface area (Å²) in [6.45, 7) is 3.93. The van der Waals surface area contributed by atoms with Gasteiger partial charge in [0.1, 0.15) is 0 Å². The number of halogens is 2. The summed E-state index contributed by atoms with van der Waals surface area (Å²) in [6, 6.07) is 0.236. The highest BCUT2D eigenvalue weighted by Crippen LogP contribution is 2.09. The maximum absolute atomic E-state index is 5.55. The van der Waals surface area contributed by atoms with Crippen LogP contribution in [-0.2, 0) is 0 Å². The van der Waals surface area contributed by atoms with Crippen molar-refractivity contribution in [1.29, 1.82) is 0 Å². The van der Waals surface area contributed by atoms with E-state index in [4.69, 9.17) is 23.2 Å². The molecule has 1 aromatic heterocycles. The van der Waals surface area contributed by atoms with Crippen LogP contribution in [0.1, 0.15) is 13.8 Å². The van der Waals surface area contributed by atoms with E-state index in [0.717, 1.165) is 0 Å². The molecule has 6 heteroatoms. The molecule has 0 saturated carbocycles. The van der Waals surface area contributed by atoms with Crippen LogP contribution in [0.15, 0.2) is 0 Å². The van der Waals surface area contributed by atoms with Crippen molar-refractivity contribution >= 4 is 29.2 Å². The third kappa shape index (κ3) is 2.79. The fourth-order valence-corrected chi connectivity index (χ4v) is 1.01. The molecule has 0 fully saturated rings. The molecule has 1 rings (SSSR count). The molecule has 66 valence electrons. The molecule has 0 aromatic carbocycles. The monoisotopic (exact) mass is 209 g/mol. The molecule has 0 aliphatic carbocycles. The van der Waals surface area contributed by atoms with Crippen LogP contribution in [-0.4, -0.2) is 21.0 Å². The van der Waals surface area contributed by atoms with Crippen LogP contribution in [0.5, 0.6) is 0 Å². The highest BCUT2D eigenvalue weighted by Gasteiger charge is 2.02. The zero-order valence-electron chi connectivity index (χ0n) is 6.67. The molecule has 12 heavy (non-hydrogen) atoms. The van der Waals surface area contributed by atoms with Gasteiger partial charge in [0.25, 0.3) is 0 Å². The minimum atomic E-state index is 0.0955. The van der Waals surface area contributed by atoms with E-state index in [1.807, 2.05) is 13.8 Å². The van der Waals surface area contributed by atoms with Crippen molar-refractivity contribution in [2.75, 3.05) is 5.32 Å². The first-order valence-corrected chi connectivity index (χ1v) is 4.17. The van der Waals surface area contributed by atoms with E-state index >= 15 is 0 Å². The molecule has 0 aliphatic rings. The quantitative estimate of drug-likeness (QED) is 0.810. The number of hydrogen-bond acceptors (Lipinski definition) is 4. The second-order valence-electron chi connectivity index (χ2n) is 2.50. The van der Waals surface area contributed by atoms with Crippen molar-refractivity contribution in [3.05, 3.63) is 10.6 Å². The average Bonchev–Trinajstić information content (AvgIpc) is 1.81. The van der Waals surface area contributed by atoms with Crippen LogP contribution < -0.4 is 5.32 Å². The number of rotatable bonds is 2. The van der Waals surface area contributed by atoms with Crippen molar-refractivity contribution in [3.63, 3.8) is 0 Å². The van der Waals surface area contributed by atoms with E-state index in [-0.39, 0.29) is 16.6 Å². The van der Waals surface area contributed by atoms with Gasteiger partial charge in [0, 0.05) is 6.04 Å². The molecular weight excluding hydrogens is 202 g/mol. The van der Waals surface area contributed by atoms with Crippen LogP contribution in [0.3, 0.4) is 0 Å². The molecule has 1 aromatic rings. The highest BCUT2D eigenvalue weighted by molar-refractivity contribution is 6.31. The summed E-state index contributed by atoms with van der Waals surface area (Å²) in [6.07, 6.45) is 0. The van der Waals surface area contributed by atoms with Gasteiger partial charge in [-0.05, 0) is 37.0 Å². The lowest BCUT2D eigenvalue weighted by atomic mass is 10.4. The number of hydrogen-bond donors (Lipinski definition) is 1. The van der Waals surface area contributed by atoms with Crippen LogP contribution in [0.4, 0.5) is 5.95 Å². The molecule has 1 heterocycles. The van der Waals surface area contributed by atoms with Crippen LogP contribution >= 0.6 is 23.2 Å². The van der Waals surface area contributed by atoms with E-state index in [0.29, 0.717) is 5.95 Å². The fraction of sp³-hybridized carbons (Fsp3) is 0.500. The maximum Gasteiger partial charge on any atom is 0.228 e. The minimum Gasteiger partial charge on any atom is -0.352 e. The maximum atomic E-state index is 5.55. The Morgan fingerprint density at radius 3 is 2.00 bits per heavy atom. The van der Waals surface area contributed by atoms with E-state index in [2.05, 4.69) is 20.3 Å². The average molecular weight is 210 g/mol. The van der Waals surface area contributed by atoms with Gasteiger partial charge in [0.2, 0.25) is 16.5 Å². The third-order valence-corrected chi connectivity index (χ3v) is 1.34. The van der Waals surface area contributed by atoms with E-state index < -0.39 is 0 Å². The smallest absolute Gasteiger partial charge is 0.228 e. The number of anilines is 1. The Hall–Kier alpha value is -0.610. The molecule has 1 N–H and O–H groups in total. The van der Waals surface area contributed by atoms with Gasteiger partial charge in [-0.2, -0.15) is 15.0 Å². The topological polar surface area (TPSA) is 50.7 Å². The molecular formula is C6H8Cl2N4. The van der Waals surface area contributed by atoms with Crippen LogP contribution in [0, 0.1) is 0 Å². The van der Waals surface area contributed by atoms with Gasteiger partial charge < -0.3 is 5.32 Å². The summed E-state index contributed by atoms with van der Waals surface area (Å²) in [5.74, 6) is 0.398. The van der Waals surface area contributed by atoms with Crippen LogP contribution in [0.2, 0.25) is 10.6 Å². The third-order valence-electron chi connectivity index (χ3n) is 0.999. The molecule has 0 unspecified atom stereocenters. The summed E-state index contributed by atoms with van der Waals surface area (Å²) in [5.41, 5.74) is 0. The van der Waals surface area contributed by atoms with Gasteiger partial charge in [0.05, 0.1) is 0 Å². The number of aromatic nitrogens is 3. The fourth-order valence-electron chi connectivity index (χ4n) is 0.649. The van der Waals surface area contributed by atoms with Crippen molar-refractivity contribution in [2.24, 2.45) is 0 Å². The van der Waals surface area contributed by atoms with Crippen molar-refractivity contribution in [3.8, 4) is 0 Å². The lowest BCUT2D eigenvalue weighted by molar-refractivity contribution is 0.866. The predicted molar refractivity (Wildman–Crippen MR) is 48.6 cm³/mol. The molecule has 0 radical (unpaired) electrons. The standard InChI is InChI=1S/C6H8Cl2N4/c1-3(2)9-6-11-4(7)10-5(8)12-6/h3H,1-2H3,(H,9,10,11,12)/i4+1,5+1,6+1. The second-order valence-corrected chi connectivity index (χ2v) is 3.17. The minimum absolute atomic E-state index is 0.0955. The zero-order chi connectivity index (χ0) is 9.14. The second kappa shape index (κ2) is 3.87. The molecule has 4 nitrogen and oxygen atoms in total. The van der Waals surface area contributed by atoms with E-state index in [1.165, 1.54) is 0 Å². The summed E-state index contributed by atoms with van der Waals surface area (Å²) in [4.78, 5) is 11.3. The predicted octanol–water partition coefficient (Wildman–Crippen LogP) is 2.00. The Morgan fingerprint density at radius 2 is 1.58 bits per heavy atom. The lowest BCUT2D eigenvalue weighted by Crippen LogP contribution is -2.13. The number of nitrogens with zero attached hydrogens (tertiary/aromatic N) is 3. The van der Waals surface area contributed by atoms with Gasteiger partial charge in [-0.1, -0.05) is 0 Å². The Balaban J connectivity index is 2.85. The highest BCUT2D eigenvalue weighted by atomic mass is 35.5. The van der Waals surface area contributed by atoms with Crippen molar-refractivity contribution < 1.29 is 0 Å². The molecule has 0 aliphatic heterocycles. The molecule has 0 saturated heterocycles. The lowest BCUT2D eigenvalue weighted by Gasteiger charge is -2.06. The summed E-state index contributed by atoms with van der Waals surface area (Å²) in [5, 5.41) is 3.15. The first kappa shape index (κ1) is 9.48. The Morgan fingerprint density at radius 1 is 1.08 bits per heavy atom. The zero-order valence-corrected chi connectivity index (χ0v) is 8.19. The molecule has 0 spiro atoms. The van der Waals surface area contributed by atoms with Crippen molar-refractivity contribution in [1.82, 2.24) is 15.0 Å². The SMILES string of the molecule is CC(C)N[13c]1n[13c](Cl)n[13c](Cl)n1. The first-order valence-electron chi connectivity index (χ1n) is 3.41. The summed E-state index contributed by atoms with van der Waals surface area (Å²) in [7, 11) is 0. The van der Waals surface area contributed by atoms with Gasteiger partial charge in [-0.25, -0.2) is 0 Å². The van der Waals surface area contributed by atoms with E-state index in [1.54, 1.807) is 0 Å². The van der Waals surface area contributed by atoms with Gasteiger partial charge >= 0.3 is 0 Å². The molecule has 0 amide bonds. The Bertz CT molecular complexity index is 256. The first-order chi connectivity index (χ1) is 5.58. The number of nitrogens with one attached hydrogen (secondary N) is 1. The van der Waals surface area contributed by atoms with Gasteiger partial charge in [-0.15, -0.1) is 0 Å². The van der Waals surface area contributed by atoms with Crippen molar-refractivity contribution in [2.45, 2.75) is 19.9 Å². The van der Waals surface area contributed by atoms with Crippen LogP contribution in [0.25, 0.3) is 0 Å². The largest absolute Gasteiger partial charge is 0.352 e. The normalized spacial score (nSPS) is 10.4. The summed E-state index contributed by atoms with van der Waals surface area (Å²) >= 11 is 11.1. The Labute approximate surface area is 80.3 Å². The Kier molecular flexibility index (Phi) is 3.05. The van der Waals surface area contributed by atoms with Gasteiger partial charge in [0.15, 0.2) is 0 Å². The summed E-state index contributed by atoms with van der Waals surface area (Å²) < 4.78 is 0. The molecule has 0 bridgehead atoms. The van der Waals surface area contributed by atoms with Gasteiger partial charge in [-0.3, -0.25) is 0 Å². The molecule has 0 atom stereocenters.